The molecule has 0 N–H and O–H groups in total. The molecule has 1 unspecified atom stereocenters. The highest BCUT2D eigenvalue weighted by atomic mass is 31.2. The van der Waals surface area contributed by atoms with Crippen molar-refractivity contribution >= 4 is 15.7 Å². The first-order valence-corrected chi connectivity index (χ1v) is 11.3. The summed E-state index contributed by atoms with van der Waals surface area (Å²) in [5.74, 6) is 0.329. The summed E-state index contributed by atoms with van der Waals surface area (Å²) in [5, 5.41) is 0.0694. The van der Waals surface area contributed by atoms with Crippen LogP contribution < -0.4 is 0 Å². The molecule has 0 aromatic carbocycles. The Morgan fingerprint density at radius 2 is 1.44 bits per heavy atom. The summed E-state index contributed by atoms with van der Waals surface area (Å²) in [6, 6.07) is 0. The fourth-order valence-electron chi connectivity index (χ4n) is 2.40. The Bertz CT molecular complexity index is 238. The molecule has 0 rings (SSSR count). The highest BCUT2D eigenvalue weighted by Gasteiger charge is 2.45. The molecule has 0 spiro atoms. The number of hydrogen-bond acceptors (Lipinski definition) is 3. The van der Waals surface area contributed by atoms with Crippen LogP contribution in [0, 0.1) is 5.92 Å². The Kier molecular flexibility index (Phi) is 6.49. The second-order valence-corrected chi connectivity index (χ2v) is 13.4. The van der Waals surface area contributed by atoms with Crippen molar-refractivity contribution < 1.29 is 13.6 Å². The smallest absolute Gasteiger partial charge is 0.309 e. The zero-order valence-corrected chi connectivity index (χ0v) is 13.6. The number of hydrogen-bond donors (Lipinski definition) is 0. The maximum atomic E-state index is 12.8. The predicted molar refractivity (Wildman–Crippen MR) is 72.8 cm³/mol. The molecule has 0 aromatic rings. The van der Waals surface area contributed by atoms with Crippen LogP contribution in [0.2, 0.25) is 19.6 Å². The summed E-state index contributed by atoms with van der Waals surface area (Å²) < 4.78 is 23.8. The normalized spacial score (nSPS) is 15.5. The summed E-state index contributed by atoms with van der Waals surface area (Å²) in [4.78, 5) is 0. The van der Waals surface area contributed by atoms with E-state index in [9.17, 15) is 4.57 Å². The first kappa shape index (κ1) is 16.4. The van der Waals surface area contributed by atoms with Crippen molar-refractivity contribution in [1.29, 1.82) is 0 Å². The van der Waals surface area contributed by atoms with Crippen LogP contribution in [0.25, 0.3) is 0 Å². The molecule has 1 atom stereocenters. The molecule has 0 saturated heterocycles. The van der Waals surface area contributed by atoms with Crippen molar-refractivity contribution in [3.63, 3.8) is 0 Å². The first-order chi connectivity index (χ1) is 7.19. The van der Waals surface area contributed by atoms with Gasteiger partial charge < -0.3 is 9.05 Å². The van der Waals surface area contributed by atoms with Crippen molar-refractivity contribution in [2.45, 2.75) is 52.6 Å². The molecule has 16 heavy (non-hydrogen) atoms. The van der Waals surface area contributed by atoms with E-state index in [1.807, 2.05) is 13.8 Å². The van der Waals surface area contributed by atoms with Crippen molar-refractivity contribution in [3.8, 4) is 0 Å². The second-order valence-electron chi connectivity index (χ2n) is 5.43. The quantitative estimate of drug-likeness (QED) is 0.513. The molecule has 0 heterocycles. The van der Waals surface area contributed by atoms with Crippen LogP contribution in [0.15, 0.2) is 0 Å². The molecule has 0 aliphatic carbocycles. The molecule has 0 aliphatic heterocycles. The Hall–Kier alpha value is 0.367. The van der Waals surface area contributed by atoms with Gasteiger partial charge in [0.2, 0.25) is 0 Å². The summed E-state index contributed by atoms with van der Waals surface area (Å²) >= 11 is 0. The molecule has 0 aromatic heterocycles. The molecule has 0 radical (unpaired) electrons. The van der Waals surface area contributed by atoms with Crippen LogP contribution >= 0.6 is 7.60 Å². The Morgan fingerprint density at radius 1 is 1.06 bits per heavy atom. The molecule has 0 amide bonds. The van der Waals surface area contributed by atoms with Crippen molar-refractivity contribution in [1.82, 2.24) is 0 Å². The average Bonchev–Trinajstić information content (AvgIpc) is 1.99. The summed E-state index contributed by atoms with van der Waals surface area (Å²) in [6.45, 7) is 15.5. The van der Waals surface area contributed by atoms with Gasteiger partial charge in [-0.3, -0.25) is 4.57 Å². The van der Waals surface area contributed by atoms with E-state index in [1.165, 1.54) is 0 Å². The minimum atomic E-state index is -2.95. The van der Waals surface area contributed by atoms with Crippen LogP contribution in [0.5, 0.6) is 0 Å². The van der Waals surface area contributed by atoms with Gasteiger partial charge in [0.25, 0.3) is 0 Å². The van der Waals surface area contributed by atoms with Gasteiger partial charge in [-0.05, 0) is 19.8 Å². The molecule has 5 heteroatoms. The highest BCUT2D eigenvalue weighted by Crippen LogP contribution is 2.58. The minimum Gasteiger partial charge on any atom is -0.309 e. The van der Waals surface area contributed by atoms with E-state index in [0.29, 0.717) is 19.1 Å². The zero-order chi connectivity index (χ0) is 13.0. The molecule has 0 fully saturated rings. The Balaban J connectivity index is 5.19. The molecule has 0 aliphatic rings. The van der Waals surface area contributed by atoms with Gasteiger partial charge in [-0.15, -0.1) is 0 Å². The molecular weight excluding hydrogens is 239 g/mol. The fraction of sp³-hybridized carbons (Fsp3) is 1.00. The van der Waals surface area contributed by atoms with Gasteiger partial charge in [0, 0.05) is 0 Å². The fourth-order valence-corrected chi connectivity index (χ4v) is 10.5. The van der Waals surface area contributed by atoms with Gasteiger partial charge >= 0.3 is 7.60 Å². The van der Waals surface area contributed by atoms with Gasteiger partial charge in [0.05, 0.1) is 26.6 Å². The Labute approximate surface area is 101 Å². The Morgan fingerprint density at radius 3 is 1.62 bits per heavy atom. The van der Waals surface area contributed by atoms with Gasteiger partial charge in [0.1, 0.15) is 0 Å². The van der Waals surface area contributed by atoms with Gasteiger partial charge in [-0.1, -0.05) is 33.5 Å². The van der Waals surface area contributed by atoms with E-state index < -0.39 is 15.7 Å². The lowest BCUT2D eigenvalue weighted by atomic mass is 10.3. The molecule has 3 nitrogen and oxygen atoms in total. The lowest BCUT2D eigenvalue weighted by Gasteiger charge is -2.37. The maximum absolute atomic E-state index is 12.8. The monoisotopic (exact) mass is 266 g/mol. The van der Waals surface area contributed by atoms with Crippen molar-refractivity contribution in [2.75, 3.05) is 13.2 Å². The molecule has 98 valence electrons. The van der Waals surface area contributed by atoms with E-state index in [0.717, 1.165) is 0 Å². The third kappa shape index (κ3) is 4.32. The van der Waals surface area contributed by atoms with Crippen LogP contribution in [-0.2, 0) is 13.6 Å². The van der Waals surface area contributed by atoms with E-state index in [-0.39, 0.29) is 5.28 Å². The van der Waals surface area contributed by atoms with Crippen LogP contribution in [0.3, 0.4) is 0 Å². The standard InChI is InChI=1S/C11H27O3PSi/c1-8-13-15(12,14-9-2)11(10(3)4)16(5,6)7/h10-11H,8-9H2,1-7H3. The summed E-state index contributed by atoms with van der Waals surface area (Å²) in [5.41, 5.74) is 0. The van der Waals surface area contributed by atoms with E-state index in [4.69, 9.17) is 9.05 Å². The van der Waals surface area contributed by atoms with E-state index in [2.05, 4.69) is 33.5 Å². The van der Waals surface area contributed by atoms with Crippen LogP contribution in [0.4, 0.5) is 0 Å². The van der Waals surface area contributed by atoms with E-state index >= 15 is 0 Å². The molecule has 0 bridgehead atoms. The third-order valence-corrected chi connectivity index (χ3v) is 10.7. The summed E-state index contributed by atoms with van der Waals surface area (Å²) in [6.07, 6.45) is 0. The minimum absolute atomic E-state index is 0.0694. The SMILES string of the molecule is CCOP(=O)(OCC)C(C(C)C)[Si](C)(C)C. The summed E-state index contributed by atoms with van der Waals surface area (Å²) in [7, 11) is -4.52. The lowest BCUT2D eigenvalue weighted by molar-refractivity contribution is 0.213. The highest BCUT2D eigenvalue weighted by molar-refractivity contribution is 7.58. The molecule has 0 saturated carbocycles. The van der Waals surface area contributed by atoms with Gasteiger partial charge in [0.15, 0.2) is 0 Å². The van der Waals surface area contributed by atoms with Crippen LogP contribution in [-0.4, -0.2) is 26.6 Å². The third-order valence-electron chi connectivity index (χ3n) is 2.48. The van der Waals surface area contributed by atoms with Gasteiger partial charge in [-0.25, -0.2) is 0 Å². The zero-order valence-electron chi connectivity index (χ0n) is 11.7. The predicted octanol–water partition coefficient (Wildman–Crippen LogP) is 4.15. The lowest BCUT2D eigenvalue weighted by Crippen LogP contribution is -2.42. The van der Waals surface area contributed by atoms with Gasteiger partial charge in [-0.2, -0.15) is 0 Å². The number of rotatable bonds is 7. The second kappa shape index (κ2) is 6.34. The van der Waals surface area contributed by atoms with E-state index in [1.54, 1.807) is 0 Å². The molecular formula is C11H27O3PSi. The van der Waals surface area contributed by atoms with Crippen LogP contribution in [0.1, 0.15) is 27.7 Å². The largest absolute Gasteiger partial charge is 0.331 e. The van der Waals surface area contributed by atoms with Crippen molar-refractivity contribution in [2.24, 2.45) is 5.92 Å². The average molecular weight is 266 g/mol. The van der Waals surface area contributed by atoms with Crippen molar-refractivity contribution in [3.05, 3.63) is 0 Å². The topological polar surface area (TPSA) is 35.5 Å². The maximum Gasteiger partial charge on any atom is 0.331 e. The first-order valence-electron chi connectivity index (χ1n) is 6.07.